The van der Waals surface area contributed by atoms with Gasteiger partial charge in [0.05, 0.1) is 17.8 Å². The zero-order chi connectivity index (χ0) is 24.6. The fourth-order valence-corrected chi connectivity index (χ4v) is 6.65. The van der Waals surface area contributed by atoms with Gasteiger partial charge in [0.15, 0.2) is 0 Å². The Hall–Kier alpha value is -1.88. The molecule has 0 aliphatic heterocycles. The maximum Gasteiger partial charge on any atom is 0.119 e. The average Bonchev–Trinajstić information content (AvgIpc) is 2.79. The molecule has 0 aromatic heterocycles. The SMILES string of the molecule is CCC12CC(C)(O)C(O)(c3ccccc3)CC1CCc1cc(OCCCCC(C)(C)O)ccc12. The first-order valence-corrected chi connectivity index (χ1v) is 13.0. The van der Waals surface area contributed by atoms with Crippen molar-refractivity contribution in [1.29, 1.82) is 0 Å². The number of fused-ring (bicyclic) bond motifs is 3. The third kappa shape index (κ3) is 4.65. The van der Waals surface area contributed by atoms with Crippen LogP contribution in [-0.2, 0) is 17.4 Å². The van der Waals surface area contributed by atoms with Crippen LogP contribution in [0.3, 0.4) is 0 Å². The number of unbranched alkanes of at least 4 members (excludes halogenated alkanes) is 1. The number of rotatable bonds is 8. The van der Waals surface area contributed by atoms with Gasteiger partial charge < -0.3 is 20.1 Å². The molecule has 3 N–H and O–H groups in total. The predicted molar refractivity (Wildman–Crippen MR) is 136 cm³/mol. The van der Waals surface area contributed by atoms with Gasteiger partial charge in [-0.25, -0.2) is 0 Å². The lowest BCUT2D eigenvalue weighted by molar-refractivity contribution is -0.205. The van der Waals surface area contributed by atoms with E-state index in [2.05, 4.69) is 25.1 Å². The largest absolute Gasteiger partial charge is 0.494 e. The second-order valence-electron chi connectivity index (χ2n) is 11.6. The predicted octanol–water partition coefficient (Wildman–Crippen LogP) is 5.65. The Morgan fingerprint density at radius 3 is 2.47 bits per heavy atom. The molecule has 186 valence electrons. The molecule has 4 rings (SSSR count). The van der Waals surface area contributed by atoms with Crippen LogP contribution in [0.4, 0.5) is 0 Å². The summed E-state index contributed by atoms with van der Waals surface area (Å²) in [5, 5.41) is 33.4. The molecule has 2 aliphatic rings. The van der Waals surface area contributed by atoms with Gasteiger partial charge in [0.25, 0.3) is 0 Å². The standard InChI is InChI=1S/C30H42O4/c1-5-29-21-28(4,32)30(33,23-11-7-6-8-12-23)20-24(29)14-13-22-19-25(15-16-26(22)29)34-18-10-9-17-27(2,3)31/h6-8,11-12,15-16,19,24,31-33H,5,9-10,13-14,17-18,20-21H2,1-4H3. The maximum absolute atomic E-state index is 11.8. The summed E-state index contributed by atoms with van der Waals surface area (Å²) in [6.45, 7) is 8.37. The summed E-state index contributed by atoms with van der Waals surface area (Å²) in [4.78, 5) is 0. The Labute approximate surface area is 205 Å². The monoisotopic (exact) mass is 466 g/mol. The molecule has 0 heterocycles. The molecule has 2 aromatic rings. The van der Waals surface area contributed by atoms with E-state index in [0.717, 1.165) is 49.8 Å². The number of ether oxygens (including phenoxy) is 1. The first kappa shape index (κ1) is 25.2. The van der Waals surface area contributed by atoms with Crippen molar-refractivity contribution in [1.82, 2.24) is 0 Å². The van der Waals surface area contributed by atoms with E-state index in [1.54, 1.807) is 0 Å². The molecule has 34 heavy (non-hydrogen) atoms. The molecule has 1 fully saturated rings. The Bertz CT molecular complexity index is 977. The van der Waals surface area contributed by atoms with Crippen molar-refractivity contribution in [2.75, 3.05) is 6.61 Å². The molecular formula is C30H42O4. The minimum atomic E-state index is -1.25. The molecular weight excluding hydrogens is 424 g/mol. The third-order valence-corrected chi connectivity index (χ3v) is 8.58. The van der Waals surface area contributed by atoms with Crippen molar-refractivity contribution in [3.63, 3.8) is 0 Å². The Balaban J connectivity index is 1.54. The Kier molecular flexibility index (Phi) is 6.89. The third-order valence-electron chi connectivity index (χ3n) is 8.58. The highest BCUT2D eigenvalue weighted by Crippen LogP contribution is 2.60. The first-order valence-electron chi connectivity index (χ1n) is 13.0. The highest BCUT2D eigenvalue weighted by Gasteiger charge is 2.60. The molecule has 4 nitrogen and oxygen atoms in total. The van der Waals surface area contributed by atoms with Gasteiger partial charge in [0.2, 0.25) is 0 Å². The van der Waals surface area contributed by atoms with Crippen molar-refractivity contribution in [2.45, 2.75) is 101 Å². The van der Waals surface area contributed by atoms with Gasteiger partial charge in [-0.15, -0.1) is 0 Å². The van der Waals surface area contributed by atoms with E-state index in [4.69, 9.17) is 4.74 Å². The summed E-state index contributed by atoms with van der Waals surface area (Å²) >= 11 is 0. The van der Waals surface area contributed by atoms with E-state index in [9.17, 15) is 15.3 Å². The maximum atomic E-state index is 11.8. The van der Waals surface area contributed by atoms with Gasteiger partial charge in [-0.1, -0.05) is 43.3 Å². The van der Waals surface area contributed by atoms with E-state index >= 15 is 0 Å². The van der Waals surface area contributed by atoms with E-state index in [0.29, 0.717) is 25.4 Å². The zero-order valence-electron chi connectivity index (χ0n) is 21.3. The average molecular weight is 467 g/mol. The van der Waals surface area contributed by atoms with Gasteiger partial charge in [-0.3, -0.25) is 0 Å². The summed E-state index contributed by atoms with van der Waals surface area (Å²) in [5.74, 6) is 1.21. The summed E-state index contributed by atoms with van der Waals surface area (Å²) in [6.07, 6.45) is 6.63. The number of aliphatic hydroxyl groups is 3. The fraction of sp³-hybridized carbons (Fsp3) is 0.600. The van der Waals surface area contributed by atoms with Crippen molar-refractivity contribution < 1.29 is 20.1 Å². The normalized spacial score (nSPS) is 31.0. The van der Waals surface area contributed by atoms with E-state index < -0.39 is 16.8 Å². The second-order valence-corrected chi connectivity index (χ2v) is 11.6. The first-order chi connectivity index (χ1) is 16.0. The summed E-state index contributed by atoms with van der Waals surface area (Å²) in [7, 11) is 0. The minimum Gasteiger partial charge on any atom is -0.494 e. The molecule has 0 spiro atoms. The van der Waals surface area contributed by atoms with Crippen LogP contribution in [0.1, 0.15) is 89.3 Å². The van der Waals surface area contributed by atoms with E-state index in [1.165, 1.54) is 11.1 Å². The Morgan fingerprint density at radius 2 is 1.79 bits per heavy atom. The van der Waals surface area contributed by atoms with Gasteiger partial charge >= 0.3 is 0 Å². The van der Waals surface area contributed by atoms with Crippen LogP contribution in [-0.4, -0.2) is 33.1 Å². The van der Waals surface area contributed by atoms with Crippen LogP contribution >= 0.6 is 0 Å². The molecule has 4 atom stereocenters. The van der Waals surface area contributed by atoms with Crippen molar-refractivity contribution in [3.05, 3.63) is 65.2 Å². The van der Waals surface area contributed by atoms with Crippen molar-refractivity contribution in [3.8, 4) is 5.75 Å². The fourth-order valence-electron chi connectivity index (χ4n) is 6.65. The van der Waals surface area contributed by atoms with Crippen LogP contribution in [0.5, 0.6) is 5.75 Å². The lowest BCUT2D eigenvalue weighted by Gasteiger charge is -2.59. The highest BCUT2D eigenvalue weighted by atomic mass is 16.5. The summed E-state index contributed by atoms with van der Waals surface area (Å²) in [6, 6.07) is 16.2. The lowest BCUT2D eigenvalue weighted by atomic mass is 9.49. The van der Waals surface area contributed by atoms with E-state index in [-0.39, 0.29) is 5.41 Å². The highest BCUT2D eigenvalue weighted by molar-refractivity contribution is 5.45. The number of aryl methyl sites for hydroxylation is 1. The van der Waals surface area contributed by atoms with Crippen LogP contribution in [0.2, 0.25) is 0 Å². The molecule has 0 radical (unpaired) electrons. The quantitative estimate of drug-likeness (QED) is 0.440. The van der Waals surface area contributed by atoms with Crippen LogP contribution < -0.4 is 4.74 Å². The number of hydrogen-bond donors (Lipinski definition) is 3. The molecule has 4 unspecified atom stereocenters. The van der Waals surface area contributed by atoms with Gasteiger partial charge in [-0.05, 0) is 107 Å². The minimum absolute atomic E-state index is 0.149. The lowest BCUT2D eigenvalue weighted by Crippen LogP contribution is -2.62. The second kappa shape index (κ2) is 9.29. The topological polar surface area (TPSA) is 69.9 Å². The van der Waals surface area contributed by atoms with Crippen LogP contribution in [0.25, 0.3) is 0 Å². The van der Waals surface area contributed by atoms with Gasteiger partial charge in [0.1, 0.15) is 11.4 Å². The molecule has 2 aromatic carbocycles. The van der Waals surface area contributed by atoms with Crippen LogP contribution in [0, 0.1) is 5.92 Å². The van der Waals surface area contributed by atoms with Gasteiger partial charge in [0, 0.05) is 5.41 Å². The molecule has 0 saturated heterocycles. The van der Waals surface area contributed by atoms with Crippen molar-refractivity contribution in [2.24, 2.45) is 5.92 Å². The Morgan fingerprint density at radius 1 is 1.06 bits per heavy atom. The molecule has 1 saturated carbocycles. The number of hydrogen-bond acceptors (Lipinski definition) is 4. The molecule has 0 amide bonds. The summed E-state index contributed by atoms with van der Waals surface area (Å²) in [5.41, 5.74) is 0.188. The summed E-state index contributed by atoms with van der Waals surface area (Å²) < 4.78 is 6.05. The molecule has 0 bridgehead atoms. The van der Waals surface area contributed by atoms with Gasteiger partial charge in [-0.2, -0.15) is 0 Å². The molecule has 4 heteroatoms. The molecule has 2 aliphatic carbocycles. The zero-order valence-corrected chi connectivity index (χ0v) is 21.3. The van der Waals surface area contributed by atoms with E-state index in [1.807, 2.05) is 51.1 Å². The van der Waals surface area contributed by atoms with Crippen LogP contribution in [0.15, 0.2) is 48.5 Å². The smallest absolute Gasteiger partial charge is 0.119 e. The van der Waals surface area contributed by atoms with Crippen molar-refractivity contribution >= 4 is 0 Å². The number of benzene rings is 2.